The lowest BCUT2D eigenvalue weighted by molar-refractivity contribution is -0.125. The first-order chi connectivity index (χ1) is 13.8. The number of benzene rings is 1. The highest BCUT2D eigenvalue weighted by atomic mass is 32.2. The van der Waals surface area contributed by atoms with Crippen LogP contribution in [0.4, 0.5) is 0 Å². The quantitative estimate of drug-likeness (QED) is 0.716. The highest BCUT2D eigenvalue weighted by molar-refractivity contribution is 8.04. The molecule has 0 saturated carbocycles. The van der Waals surface area contributed by atoms with Gasteiger partial charge in [-0.1, -0.05) is 62.9 Å². The summed E-state index contributed by atoms with van der Waals surface area (Å²) in [5.41, 5.74) is 0.586. The maximum atomic E-state index is 12.6. The molecule has 0 spiro atoms. The molecule has 2 amide bonds. The van der Waals surface area contributed by atoms with Gasteiger partial charge in [-0.05, 0) is 18.9 Å². The summed E-state index contributed by atoms with van der Waals surface area (Å²) >= 11 is 1.14. The molecule has 152 valence electrons. The zero-order chi connectivity index (χ0) is 21.6. The summed E-state index contributed by atoms with van der Waals surface area (Å²) in [4.78, 5) is 24.9. The topological polar surface area (TPSA) is 106 Å². The third-order valence-electron chi connectivity index (χ3n) is 5.28. The van der Waals surface area contributed by atoms with Crippen LogP contribution in [0.3, 0.4) is 0 Å². The second kappa shape index (κ2) is 9.62. The van der Waals surface area contributed by atoms with Gasteiger partial charge in [0, 0.05) is 17.9 Å². The Morgan fingerprint density at radius 3 is 2.52 bits per heavy atom. The van der Waals surface area contributed by atoms with Gasteiger partial charge in [0.2, 0.25) is 11.8 Å². The zero-order valence-corrected chi connectivity index (χ0v) is 18.0. The molecule has 0 fully saturated rings. The largest absolute Gasteiger partial charge is 0.355 e. The average molecular weight is 411 g/mol. The van der Waals surface area contributed by atoms with E-state index in [4.69, 9.17) is 0 Å². The van der Waals surface area contributed by atoms with E-state index < -0.39 is 22.5 Å². The van der Waals surface area contributed by atoms with Crippen molar-refractivity contribution in [1.82, 2.24) is 10.6 Å². The maximum Gasteiger partial charge on any atom is 0.243 e. The van der Waals surface area contributed by atoms with Crippen molar-refractivity contribution in [3.63, 3.8) is 0 Å². The first-order valence-corrected chi connectivity index (χ1v) is 10.5. The van der Waals surface area contributed by atoms with Crippen molar-refractivity contribution in [3.8, 4) is 12.1 Å². The Morgan fingerprint density at radius 1 is 1.31 bits per heavy atom. The zero-order valence-electron chi connectivity index (χ0n) is 17.2. The van der Waals surface area contributed by atoms with Crippen LogP contribution >= 0.6 is 11.8 Å². The molecule has 0 aromatic heterocycles. The second-order valence-corrected chi connectivity index (χ2v) is 8.96. The summed E-state index contributed by atoms with van der Waals surface area (Å²) in [7, 11) is 0. The van der Waals surface area contributed by atoms with E-state index in [9.17, 15) is 20.1 Å². The molecule has 0 aliphatic carbocycles. The van der Waals surface area contributed by atoms with Gasteiger partial charge in [0.15, 0.2) is 0 Å². The minimum atomic E-state index is -0.943. The molecule has 1 aromatic rings. The molecule has 1 aromatic carbocycles. The molecule has 0 bridgehead atoms. The highest BCUT2D eigenvalue weighted by Gasteiger charge is 2.45. The van der Waals surface area contributed by atoms with Crippen molar-refractivity contribution in [2.45, 2.75) is 45.3 Å². The average Bonchev–Trinajstić information content (AvgIpc) is 2.68. The van der Waals surface area contributed by atoms with Crippen molar-refractivity contribution in [2.24, 2.45) is 11.3 Å². The SMILES string of the molecule is CC[C@@H](CNC(=O)[C@@H](C)SC1=C(C#N)C(C)(C)[C@@H](C#N)C(=O)N1)c1ccccc1. The van der Waals surface area contributed by atoms with Crippen molar-refractivity contribution >= 4 is 23.6 Å². The van der Waals surface area contributed by atoms with Crippen LogP contribution in [0.1, 0.15) is 45.6 Å². The Labute approximate surface area is 176 Å². The lowest BCUT2D eigenvalue weighted by Gasteiger charge is -2.35. The molecule has 0 radical (unpaired) electrons. The highest BCUT2D eigenvalue weighted by Crippen LogP contribution is 2.42. The number of carbonyl (C=O) groups is 2. The van der Waals surface area contributed by atoms with Gasteiger partial charge in [0.25, 0.3) is 0 Å². The molecule has 0 unspecified atom stereocenters. The summed E-state index contributed by atoms with van der Waals surface area (Å²) in [5.74, 6) is -1.33. The van der Waals surface area contributed by atoms with Gasteiger partial charge in [0.1, 0.15) is 5.92 Å². The standard InChI is InChI=1S/C22H26N4O2S/c1-5-15(16-9-7-6-8-10-16)13-25-19(27)14(2)29-21-18(12-24)22(3,4)17(11-23)20(28)26-21/h6-10,14-15,17H,5,13H2,1-4H3,(H,25,27)(H,26,28)/t14-,15+,17+/m1/s1. The van der Waals surface area contributed by atoms with E-state index in [-0.39, 0.29) is 11.8 Å². The van der Waals surface area contributed by atoms with Crippen LogP contribution in [-0.4, -0.2) is 23.6 Å². The number of amides is 2. The van der Waals surface area contributed by atoms with E-state index in [1.807, 2.05) is 36.4 Å². The number of hydrogen-bond acceptors (Lipinski definition) is 5. The van der Waals surface area contributed by atoms with E-state index >= 15 is 0 Å². The van der Waals surface area contributed by atoms with Gasteiger partial charge in [-0.2, -0.15) is 10.5 Å². The van der Waals surface area contributed by atoms with Crippen molar-refractivity contribution in [1.29, 1.82) is 10.5 Å². The fourth-order valence-corrected chi connectivity index (χ4v) is 4.47. The summed E-state index contributed by atoms with van der Waals surface area (Å²) in [6.07, 6.45) is 0.898. The Morgan fingerprint density at radius 2 is 1.97 bits per heavy atom. The van der Waals surface area contributed by atoms with Gasteiger partial charge in [-0.25, -0.2) is 0 Å². The molecule has 1 heterocycles. The lowest BCUT2D eigenvalue weighted by Crippen LogP contribution is -2.45. The Bertz CT molecular complexity index is 880. The van der Waals surface area contributed by atoms with E-state index in [0.717, 1.165) is 18.2 Å². The minimum Gasteiger partial charge on any atom is -0.355 e. The number of carbonyl (C=O) groups excluding carboxylic acids is 2. The molecular formula is C22H26N4O2S. The number of nitrogens with one attached hydrogen (secondary N) is 2. The van der Waals surface area contributed by atoms with Crippen LogP contribution in [0.25, 0.3) is 0 Å². The third kappa shape index (κ3) is 4.99. The normalized spacial score (nSPS) is 20.1. The molecule has 2 rings (SSSR count). The summed E-state index contributed by atoms with van der Waals surface area (Å²) < 4.78 is 0. The molecule has 2 N–H and O–H groups in total. The number of hydrogen-bond donors (Lipinski definition) is 2. The monoisotopic (exact) mass is 410 g/mol. The molecule has 1 aliphatic rings. The van der Waals surface area contributed by atoms with Gasteiger partial charge in [-0.3, -0.25) is 9.59 Å². The van der Waals surface area contributed by atoms with Crippen LogP contribution in [0, 0.1) is 34.0 Å². The van der Waals surface area contributed by atoms with E-state index in [1.54, 1.807) is 20.8 Å². The van der Waals surface area contributed by atoms with Crippen molar-refractivity contribution in [2.75, 3.05) is 6.54 Å². The molecule has 0 saturated heterocycles. The maximum absolute atomic E-state index is 12.6. The fraction of sp³-hybridized carbons (Fsp3) is 0.455. The lowest BCUT2D eigenvalue weighted by atomic mass is 9.72. The van der Waals surface area contributed by atoms with Crippen LogP contribution < -0.4 is 10.6 Å². The van der Waals surface area contributed by atoms with Crippen LogP contribution in [0.15, 0.2) is 40.9 Å². The predicted octanol–water partition coefficient (Wildman–Crippen LogP) is 3.45. The third-order valence-corrected chi connectivity index (χ3v) is 6.39. The smallest absolute Gasteiger partial charge is 0.243 e. The fourth-order valence-electron chi connectivity index (χ4n) is 3.34. The number of thioether (sulfide) groups is 1. The minimum absolute atomic E-state index is 0.163. The molecule has 6 nitrogen and oxygen atoms in total. The number of allylic oxidation sites excluding steroid dienone is 1. The first-order valence-electron chi connectivity index (χ1n) is 9.60. The summed E-state index contributed by atoms with van der Waals surface area (Å²) in [6.45, 7) is 7.74. The molecule has 7 heteroatoms. The van der Waals surface area contributed by atoms with Gasteiger partial charge >= 0.3 is 0 Å². The van der Waals surface area contributed by atoms with E-state index in [1.165, 1.54) is 5.56 Å². The van der Waals surface area contributed by atoms with Crippen LogP contribution in [-0.2, 0) is 9.59 Å². The predicted molar refractivity (Wildman–Crippen MR) is 113 cm³/mol. The number of rotatable bonds is 7. The van der Waals surface area contributed by atoms with E-state index in [0.29, 0.717) is 17.1 Å². The van der Waals surface area contributed by atoms with E-state index in [2.05, 4.69) is 23.6 Å². The summed E-state index contributed by atoms with van der Waals surface area (Å²) in [6, 6.07) is 14.1. The Hall–Kier alpha value is -2.77. The molecule has 29 heavy (non-hydrogen) atoms. The molecular weight excluding hydrogens is 384 g/mol. The Balaban J connectivity index is 2.08. The van der Waals surface area contributed by atoms with Gasteiger partial charge in [-0.15, -0.1) is 0 Å². The van der Waals surface area contributed by atoms with Crippen LogP contribution in [0.2, 0.25) is 0 Å². The second-order valence-electron chi connectivity index (χ2n) is 7.61. The van der Waals surface area contributed by atoms with Gasteiger partial charge in [0.05, 0.1) is 28.0 Å². The summed E-state index contributed by atoms with van der Waals surface area (Å²) in [5, 5.41) is 24.4. The Kier molecular flexibility index (Phi) is 7.47. The number of nitriles is 2. The van der Waals surface area contributed by atoms with Crippen molar-refractivity contribution < 1.29 is 9.59 Å². The molecule has 1 aliphatic heterocycles. The molecule has 3 atom stereocenters. The number of nitrogens with zero attached hydrogens (tertiary/aromatic N) is 2. The van der Waals surface area contributed by atoms with Crippen molar-refractivity contribution in [3.05, 3.63) is 46.5 Å². The first kappa shape index (κ1) is 22.5. The van der Waals surface area contributed by atoms with Gasteiger partial charge < -0.3 is 10.6 Å². The van der Waals surface area contributed by atoms with Crippen LogP contribution in [0.5, 0.6) is 0 Å².